The van der Waals surface area contributed by atoms with E-state index in [9.17, 15) is 19.1 Å². The highest BCUT2D eigenvalue weighted by Gasteiger charge is 2.24. The first-order valence-corrected chi connectivity index (χ1v) is 10.1. The van der Waals surface area contributed by atoms with E-state index in [1.165, 1.54) is 11.1 Å². The second kappa shape index (κ2) is 12.2. The Bertz CT molecular complexity index is 556. The molecule has 0 saturated heterocycles. The van der Waals surface area contributed by atoms with Crippen molar-refractivity contribution in [1.82, 2.24) is 4.67 Å². The Morgan fingerprint density at radius 2 is 1.44 bits per heavy atom. The van der Waals surface area contributed by atoms with Gasteiger partial charge in [0.15, 0.2) is 0 Å². The van der Waals surface area contributed by atoms with Gasteiger partial charge in [0.2, 0.25) is 0 Å². The minimum Gasteiger partial charge on any atom is -0.481 e. The number of hydrogen-bond acceptors (Lipinski definition) is 2. The third kappa shape index (κ3) is 13.7. The number of aliphatic carboxylic acids is 1. The largest absolute Gasteiger partial charge is 0.481 e. The Labute approximate surface area is 151 Å². The van der Waals surface area contributed by atoms with Gasteiger partial charge in [-0.3, -0.25) is 4.79 Å². The van der Waals surface area contributed by atoms with E-state index in [0.717, 1.165) is 35.9 Å². The van der Waals surface area contributed by atoms with E-state index in [1.807, 2.05) is 6.92 Å². The summed E-state index contributed by atoms with van der Waals surface area (Å²) in [7, 11) is -4.44. The molecule has 25 heavy (non-hydrogen) atoms. The second-order valence-electron chi connectivity index (χ2n) is 6.53. The molecule has 0 aliphatic carbocycles. The van der Waals surface area contributed by atoms with Crippen LogP contribution in [0.5, 0.6) is 0 Å². The SMILES string of the molecule is CC(C)=CCC/C(C)=C/CC/C(C)=C/CN(CCC(=O)O)P(=O)(O)O. The molecule has 0 amide bonds. The second-order valence-corrected chi connectivity index (χ2v) is 8.12. The quantitative estimate of drug-likeness (QED) is 0.349. The van der Waals surface area contributed by atoms with Gasteiger partial charge in [0.1, 0.15) is 0 Å². The van der Waals surface area contributed by atoms with Gasteiger partial charge in [-0.15, -0.1) is 0 Å². The summed E-state index contributed by atoms with van der Waals surface area (Å²) in [5.41, 5.74) is 3.69. The van der Waals surface area contributed by atoms with Crippen LogP contribution in [-0.4, -0.2) is 38.6 Å². The number of carboxylic acids is 1. The number of allylic oxidation sites excluding steroid dienone is 5. The first-order valence-electron chi connectivity index (χ1n) is 8.49. The average Bonchev–Trinajstić information content (AvgIpc) is 2.44. The molecule has 144 valence electrons. The molecule has 0 saturated carbocycles. The van der Waals surface area contributed by atoms with Crippen molar-refractivity contribution in [2.75, 3.05) is 13.1 Å². The van der Waals surface area contributed by atoms with Crippen LogP contribution in [0.4, 0.5) is 0 Å². The number of nitrogens with zero attached hydrogens (tertiary/aromatic N) is 1. The van der Waals surface area contributed by atoms with E-state index in [4.69, 9.17) is 5.11 Å². The molecule has 0 rings (SSSR count). The van der Waals surface area contributed by atoms with Crippen LogP contribution in [0.3, 0.4) is 0 Å². The molecular formula is C18H32NO5P. The third-order valence-corrected chi connectivity index (χ3v) is 4.83. The van der Waals surface area contributed by atoms with Crippen molar-refractivity contribution in [1.29, 1.82) is 0 Å². The maximum Gasteiger partial charge on any atom is 0.403 e. The Morgan fingerprint density at radius 3 is 1.92 bits per heavy atom. The van der Waals surface area contributed by atoms with Crippen LogP contribution in [0, 0.1) is 0 Å². The summed E-state index contributed by atoms with van der Waals surface area (Å²) < 4.78 is 12.3. The standard InChI is InChI=1S/C18H32NO5P/c1-15(2)7-5-8-16(3)9-6-10-17(4)11-13-19(25(22,23)24)14-12-18(20)21/h7,9,11H,5-6,8,10,12-14H2,1-4H3,(H,20,21)(H2,22,23,24)/b16-9+,17-11+. The van der Waals surface area contributed by atoms with Gasteiger partial charge in [0.25, 0.3) is 0 Å². The molecule has 0 aromatic carbocycles. The Kier molecular flexibility index (Phi) is 11.6. The summed E-state index contributed by atoms with van der Waals surface area (Å²) >= 11 is 0. The number of carboxylic acid groups (broad SMARTS) is 1. The summed E-state index contributed by atoms with van der Waals surface area (Å²) in [4.78, 5) is 29.1. The van der Waals surface area contributed by atoms with Gasteiger partial charge in [-0.05, 0) is 53.4 Å². The van der Waals surface area contributed by atoms with E-state index >= 15 is 0 Å². The van der Waals surface area contributed by atoms with Gasteiger partial charge >= 0.3 is 13.7 Å². The number of carbonyl (C=O) groups is 1. The lowest BCUT2D eigenvalue weighted by Gasteiger charge is -2.20. The average molecular weight is 373 g/mol. The summed E-state index contributed by atoms with van der Waals surface area (Å²) in [6, 6.07) is 0. The minimum absolute atomic E-state index is 0.0483. The van der Waals surface area contributed by atoms with Gasteiger partial charge in [-0.25, -0.2) is 9.24 Å². The summed E-state index contributed by atoms with van der Waals surface area (Å²) in [5, 5.41) is 8.66. The fourth-order valence-electron chi connectivity index (χ4n) is 2.15. The van der Waals surface area contributed by atoms with Crippen molar-refractivity contribution < 1.29 is 24.3 Å². The van der Waals surface area contributed by atoms with Crippen molar-refractivity contribution in [3.63, 3.8) is 0 Å². The van der Waals surface area contributed by atoms with Gasteiger partial charge in [-0.2, -0.15) is 0 Å². The predicted molar refractivity (Wildman–Crippen MR) is 101 cm³/mol. The van der Waals surface area contributed by atoms with Crippen molar-refractivity contribution in [2.45, 2.75) is 59.8 Å². The predicted octanol–water partition coefficient (Wildman–Crippen LogP) is 4.28. The summed E-state index contributed by atoms with van der Waals surface area (Å²) in [6.45, 7) is 8.08. The number of rotatable bonds is 12. The molecule has 0 aromatic rings. The zero-order valence-electron chi connectivity index (χ0n) is 15.7. The Balaban J connectivity index is 4.43. The zero-order valence-corrected chi connectivity index (χ0v) is 16.6. The fraction of sp³-hybridized carbons (Fsp3) is 0.611. The van der Waals surface area contributed by atoms with Crippen LogP contribution >= 0.6 is 7.75 Å². The third-order valence-electron chi connectivity index (χ3n) is 3.73. The number of hydrogen-bond donors (Lipinski definition) is 3. The van der Waals surface area contributed by atoms with Gasteiger partial charge in [0, 0.05) is 13.1 Å². The molecule has 0 aliphatic rings. The molecular weight excluding hydrogens is 341 g/mol. The topological polar surface area (TPSA) is 98.1 Å². The Morgan fingerprint density at radius 1 is 0.920 bits per heavy atom. The van der Waals surface area contributed by atoms with E-state index in [1.54, 1.807) is 6.08 Å². The van der Waals surface area contributed by atoms with Crippen molar-refractivity contribution in [3.05, 3.63) is 34.9 Å². The molecule has 6 nitrogen and oxygen atoms in total. The molecule has 0 heterocycles. The first kappa shape index (κ1) is 23.8. The summed E-state index contributed by atoms with van der Waals surface area (Å²) in [5.74, 6) is -1.08. The van der Waals surface area contributed by atoms with E-state index in [2.05, 4.69) is 32.9 Å². The Hall–Kier alpha value is -1.20. The van der Waals surface area contributed by atoms with E-state index in [-0.39, 0.29) is 19.5 Å². The molecule has 0 spiro atoms. The molecule has 0 aromatic heterocycles. The lowest BCUT2D eigenvalue weighted by Crippen LogP contribution is -2.23. The molecule has 0 aliphatic heterocycles. The van der Waals surface area contributed by atoms with Crippen LogP contribution in [0.2, 0.25) is 0 Å². The molecule has 0 fully saturated rings. The lowest BCUT2D eigenvalue weighted by molar-refractivity contribution is -0.137. The summed E-state index contributed by atoms with van der Waals surface area (Å²) in [6.07, 6.45) is 9.65. The van der Waals surface area contributed by atoms with E-state index < -0.39 is 13.7 Å². The van der Waals surface area contributed by atoms with E-state index in [0.29, 0.717) is 0 Å². The van der Waals surface area contributed by atoms with Gasteiger partial charge in [-0.1, -0.05) is 34.9 Å². The van der Waals surface area contributed by atoms with Crippen LogP contribution in [0.15, 0.2) is 34.9 Å². The molecule has 0 radical (unpaired) electrons. The van der Waals surface area contributed by atoms with Crippen LogP contribution in [-0.2, 0) is 9.36 Å². The lowest BCUT2D eigenvalue weighted by atomic mass is 10.1. The molecule has 0 atom stereocenters. The highest BCUT2D eigenvalue weighted by molar-refractivity contribution is 7.49. The fourth-order valence-corrected chi connectivity index (χ4v) is 2.81. The normalized spacial score (nSPS) is 13.2. The molecule has 7 heteroatoms. The van der Waals surface area contributed by atoms with Gasteiger partial charge < -0.3 is 14.9 Å². The van der Waals surface area contributed by atoms with Crippen molar-refractivity contribution >= 4 is 13.7 Å². The maximum atomic E-state index is 11.4. The molecule has 3 N–H and O–H groups in total. The molecule has 0 unspecified atom stereocenters. The highest BCUT2D eigenvalue weighted by Crippen LogP contribution is 2.39. The maximum absolute atomic E-state index is 11.4. The van der Waals surface area contributed by atoms with Crippen LogP contribution < -0.4 is 0 Å². The van der Waals surface area contributed by atoms with Crippen LogP contribution in [0.25, 0.3) is 0 Å². The van der Waals surface area contributed by atoms with Crippen molar-refractivity contribution in [3.8, 4) is 0 Å². The minimum atomic E-state index is -4.44. The highest BCUT2D eigenvalue weighted by atomic mass is 31.2. The van der Waals surface area contributed by atoms with Crippen molar-refractivity contribution in [2.24, 2.45) is 0 Å². The smallest absolute Gasteiger partial charge is 0.403 e. The monoisotopic (exact) mass is 373 g/mol. The first-order chi connectivity index (χ1) is 11.5. The zero-order chi connectivity index (χ0) is 19.5. The van der Waals surface area contributed by atoms with Crippen LogP contribution in [0.1, 0.15) is 59.8 Å². The van der Waals surface area contributed by atoms with Gasteiger partial charge in [0.05, 0.1) is 6.42 Å². The molecule has 0 bridgehead atoms.